The highest BCUT2D eigenvalue weighted by Crippen LogP contribution is 2.32. The van der Waals surface area contributed by atoms with Gasteiger partial charge in [0.1, 0.15) is 11.5 Å². The SMILES string of the molecule is c1cncc(CNc2ccc(-c3ccnc4[nH]c(C5CCNCC5)cc34)cn2)c1. The van der Waals surface area contributed by atoms with E-state index in [0.717, 1.165) is 41.2 Å². The Kier molecular flexibility index (Phi) is 4.92. The van der Waals surface area contributed by atoms with Crippen LogP contribution in [0.15, 0.2) is 61.2 Å². The molecule has 146 valence electrons. The molecule has 0 spiro atoms. The molecular weight excluding hydrogens is 360 g/mol. The van der Waals surface area contributed by atoms with E-state index in [1.165, 1.54) is 23.9 Å². The van der Waals surface area contributed by atoms with E-state index in [9.17, 15) is 0 Å². The number of pyridine rings is 3. The van der Waals surface area contributed by atoms with Crippen molar-refractivity contribution in [3.8, 4) is 11.1 Å². The van der Waals surface area contributed by atoms with Crippen LogP contribution in [0.2, 0.25) is 0 Å². The Labute approximate surface area is 169 Å². The highest BCUT2D eigenvalue weighted by molar-refractivity contribution is 5.93. The van der Waals surface area contributed by atoms with Crippen LogP contribution in [0.3, 0.4) is 0 Å². The van der Waals surface area contributed by atoms with Crippen molar-refractivity contribution in [2.75, 3.05) is 18.4 Å². The first-order valence-electron chi connectivity index (χ1n) is 10.1. The van der Waals surface area contributed by atoms with Crippen molar-refractivity contribution in [3.63, 3.8) is 0 Å². The third kappa shape index (κ3) is 3.84. The molecule has 4 aromatic rings. The monoisotopic (exact) mass is 384 g/mol. The average molecular weight is 384 g/mol. The zero-order chi connectivity index (χ0) is 19.5. The second kappa shape index (κ2) is 8.01. The van der Waals surface area contributed by atoms with E-state index in [4.69, 9.17) is 0 Å². The van der Waals surface area contributed by atoms with Gasteiger partial charge in [0.2, 0.25) is 0 Å². The Morgan fingerprint density at radius 2 is 1.93 bits per heavy atom. The van der Waals surface area contributed by atoms with Crippen LogP contribution in [0.1, 0.15) is 30.0 Å². The van der Waals surface area contributed by atoms with Gasteiger partial charge in [-0.15, -0.1) is 0 Å². The predicted octanol–water partition coefficient (Wildman–Crippen LogP) is 4.10. The normalized spacial score (nSPS) is 14.9. The van der Waals surface area contributed by atoms with E-state index in [2.05, 4.69) is 48.8 Å². The number of piperidine rings is 1. The van der Waals surface area contributed by atoms with Crippen LogP contribution in [-0.4, -0.2) is 33.0 Å². The average Bonchev–Trinajstić information content (AvgIpc) is 3.24. The Balaban J connectivity index is 1.37. The molecule has 0 amide bonds. The molecular formula is C23H24N6. The van der Waals surface area contributed by atoms with Crippen molar-refractivity contribution in [3.05, 3.63) is 72.4 Å². The first kappa shape index (κ1) is 17.8. The molecule has 5 heterocycles. The highest BCUT2D eigenvalue weighted by Gasteiger charge is 2.18. The fourth-order valence-electron chi connectivity index (χ4n) is 4.00. The number of hydrogen-bond acceptors (Lipinski definition) is 5. The summed E-state index contributed by atoms with van der Waals surface area (Å²) < 4.78 is 0. The van der Waals surface area contributed by atoms with E-state index in [-0.39, 0.29) is 0 Å². The minimum Gasteiger partial charge on any atom is -0.366 e. The van der Waals surface area contributed by atoms with Crippen molar-refractivity contribution < 1.29 is 0 Å². The van der Waals surface area contributed by atoms with Crippen molar-refractivity contribution >= 4 is 16.9 Å². The summed E-state index contributed by atoms with van der Waals surface area (Å²) in [5, 5.41) is 7.95. The Morgan fingerprint density at radius 1 is 1.00 bits per heavy atom. The molecule has 1 aliphatic rings. The van der Waals surface area contributed by atoms with Crippen molar-refractivity contribution in [2.24, 2.45) is 0 Å². The van der Waals surface area contributed by atoms with Gasteiger partial charge in [0.15, 0.2) is 0 Å². The molecule has 0 radical (unpaired) electrons. The van der Waals surface area contributed by atoms with E-state index < -0.39 is 0 Å². The van der Waals surface area contributed by atoms with Gasteiger partial charge in [-0.2, -0.15) is 0 Å². The number of H-pyrrole nitrogens is 1. The van der Waals surface area contributed by atoms with Crippen LogP contribution in [0.25, 0.3) is 22.2 Å². The fourth-order valence-corrected chi connectivity index (χ4v) is 4.00. The van der Waals surface area contributed by atoms with E-state index >= 15 is 0 Å². The van der Waals surface area contributed by atoms with Gasteiger partial charge in [-0.25, -0.2) is 9.97 Å². The minimum atomic E-state index is 0.579. The molecule has 5 rings (SSSR count). The second-order valence-electron chi connectivity index (χ2n) is 7.52. The lowest BCUT2D eigenvalue weighted by Crippen LogP contribution is -2.26. The summed E-state index contributed by atoms with van der Waals surface area (Å²) >= 11 is 0. The summed E-state index contributed by atoms with van der Waals surface area (Å²) in [7, 11) is 0. The number of hydrogen-bond donors (Lipinski definition) is 3. The number of aromatic nitrogens is 4. The summed E-state index contributed by atoms with van der Waals surface area (Å²) in [5.74, 6) is 1.43. The first-order valence-corrected chi connectivity index (χ1v) is 10.1. The number of fused-ring (bicyclic) bond motifs is 1. The summed E-state index contributed by atoms with van der Waals surface area (Å²) in [4.78, 5) is 16.8. The zero-order valence-electron chi connectivity index (χ0n) is 16.2. The Hall–Kier alpha value is -3.25. The van der Waals surface area contributed by atoms with Crippen molar-refractivity contribution in [1.29, 1.82) is 0 Å². The molecule has 6 heteroatoms. The molecule has 3 N–H and O–H groups in total. The number of nitrogens with zero attached hydrogens (tertiary/aromatic N) is 3. The Morgan fingerprint density at radius 3 is 2.72 bits per heavy atom. The molecule has 1 saturated heterocycles. The fraction of sp³-hybridized carbons (Fsp3) is 0.261. The molecule has 1 aliphatic heterocycles. The summed E-state index contributed by atoms with van der Waals surface area (Å²) in [6.45, 7) is 2.87. The van der Waals surface area contributed by atoms with Gasteiger partial charge in [-0.1, -0.05) is 6.07 Å². The molecule has 6 nitrogen and oxygen atoms in total. The van der Waals surface area contributed by atoms with Gasteiger partial charge < -0.3 is 15.6 Å². The zero-order valence-corrected chi connectivity index (χ0v) is 16.2. The van der Waals surface area contributed by atoms with Gasteiger partial charge in [-0.05, 0) is 67.4 Å². The smallest absolute Gasteiger partial charge is 0.138 e. The number of nitrogens with one attached hydrogen (secondary N) is 3. The van der Waals surface area contributed by atoms with Crippen LogP contribution in [0.5, 0.6) is 0 Å². The standard InChI is InChI=1S/C23H24N6/c1-2-16(13-25-8-1)14-27-22-4-3-18(15-28-22)19-7-11-26-23-20(19)12-21(29-23)17-5-9-24-10-6-17/h1-4,7-8,11-13,15,17,24H,5-6,9-10,14H2,(H,26,29)(H,27,28). The van der Waals surface area contributed by atoms with Crippen LogP contribution in [-0.2, 0) is 6.54 Å². The molecule has 29 heavy (non-hydrogen) atoms. The molecule has 0 aliphatic carbocycles. The van der Waals surface area contributed by atoms with Gasteiger partial charge >= 0.3 is 0 Å². The number of rotatable bonds is 5. The lowest BCUT2D eigenvalue weighted by molar-refractivity contribution is 0.455. The largest absolute Gasteiger partial charge is 0.366 e. The Bertz CT molecular complexity index is 1080. The molecule has 0 bridgehead atoms. The third-order valence-electron chi connectivity index (χ3n) is 5.60. The van der Waals surface area contributed by atoms with Gasteiger partial charge in [0, 0.05) is 53.9 Å². The van der Waals surface area contributed by atoms with Crippen molar-refractivity contribution in [2.45, 2.75) is 25.3 Å². The molecule has 0 saturated carbocycles. The topological polar surface area (TPSA) is 78.5 Å². The number of aromatic amines is 1. The van der Waals surface area contributed by atoms with E-state index in [1.54, 1.807) is 6.20 Å². The molecule has 1 fully saturated rings. The molecule has 0 atom stereocenters. The van der Waals surface area contributed by atoms with Crippen LogP contribution >= 0.6 is 0 Å². The van der Waals surface area contributed by atoms with Crippen LogP contribution in [0, 0.1) is 0 Å². The summed E-state index contributed by atoms with van der Waals surface area (Å²) in [6.07, 6.45) is 9.78. The van der Waals surface area contributed by atoms with Gasteiger partial charge in [0.25, 0.3) is 0 Å². The van der Waals surface area contributed by atoms with Crippen LogP contribution < -0.4 is 10.6 Å². The maximum Gasteiger partial charge on any atom is 0.138 e. The predicted molar refractivity (Wildman–Crippen MR) is 116 cm³/mol. The van der Waals surface area contributed by atoms with E-state index in [1.807, 2.05) is 36.8 Å². The second-order valence-corrected chi connectivity index (χ2v) is 7.52. The molecule has 0 aromatic carbocycles. The molecule has 0 unspecified atom stereocenters. The van der Waals surface area contributed by atoms with Crippen molar-refractivity contribution in [1.82, 2.24) is 25.3 Å². The maximum atomic E-state index is 4.60. The number of anilines is 1. The maximum absolute atomic E-state index is 4.60. The quantitative estimate of drug-likeness (QED) is 0.483. The van der Waals surface area contributed by atoms with Crippen LogP contribution in [0.4, 0.5) is 5.82 Å². The van der Waals surface area contributed by atoms with Gasteiger partial charge in [-0.3, -0.25) is 4.98 Å². The lowest BCUT2D eigenvalue weighted by Gasteiger charge is -2.21. The minimum absolute atomic E-state index is 0.579. The third-order valence-corrected chi connectivity index (χ3v) is 5.60. The summed E-state index contributed by atoms with van der Waals surface area (Å²) in [6, 6.07) is 12.5. The molecule has 4 aromatic heterocycles. The first-order chi connectivity index (χ1) is 14.4. The lowest BCUT2D eigenvalue weighted by atomic mass is 9.94. The highest BCUT2D eigenvalue weighted by atomic mass is 15.0. The van der Waals surface area contributed by atoms with E-state index in [0.29, 0.717) is 12.5 Å². The van der Waals surface area contributed by atoms with Gasteiger partial charge in [0.05, 0.1) is 0 Å². The summed E-state index contributed by atoms with van der Waals surface area (Å²) in [5.41, 5.74) is 5.64.